The zero-order valence-electron chi connectivity index (χ0n) is 7.95. The lowest BCUT2D eigenvalue weighted by molar-refractivity contribution is 0.191. The predicted molar refractivity (Wildman–Crippen MR) is 60.4 cm³/mol. The Balaban J connectivity index is 2.03. The molecule has 0 heterocycles. The molecule has 2 unspecified atom stereocenters. The second kappa shape index (κ2) is 4.32. The first kappa shape index (κ1) is 9.99. The number of ether oxygens (including phenoxy) is 1. The third-order valence-corrected chi connectivity index (χ3v) is 3.08. The molecule has 0 spiro atoms. The lowest BCUT2D eigenvalue weighted by Gasteiger charge is -2.17. The molecule has 14 heavy (non-hydrogen) atoms. The van der Waals surface area contributed by atoms with Gasteiger partial charge in [0, 0.05) is 10.5 Å². The van der Waals surface area contributed by atoms with Gasteiger partial charge in [0.1, 0.15) is 11.9 Å². The van der Waals surface area contributed by atoms with Gasteiger partial charge in [-0.3, -0.25) is 0 Å². The molecule has 2 atom stereocenters. The molecule has 0 aliphatic heterocycles. The minimum Gasteiger partial charge on any atom is -0.489 e. The van der Waals surface area contributed by atoms with E-state index in [2.05, 4.69) is 15.9 Å². The van der Waals surface area contributed by atoms with Gasteiger partial charge in [-0.15, -0.1) is 0 Å². The Morgan fingerprint density at radius 1 is 1.36 bits per heavy atom. The molecule has 1 fully saturated rings. The number of nitrogens with two attached hydrogens (primary N) is 1. The highest BCUT2D eigenvalue weighted by molar-refractivity contribution is 9.10. The van der Waals surface area contributed by atoms with Gasteiger partial charge >= 0.3 is 0 Å². The molecule has 1 aliphatic carbocycles. The zero-order valence-corrected chi connectivity index (χ0v) is 9.53. The minimum absolute atomic E-state index is 0.198. The number of halogens is 1. The van der Waals surface area contributed by atoms with Crippen molar-refractivity contribution in [2.24, 2.45) is 5.73 Å². The van der Waals surface area contributed by atoms with Crippen molar-refractivity contribution in [1.82, 2.24) is 0 Å². The second-order valence-electron chi connectivity index (χ2n) is 3.71. The molecular weight excluding hydrogens is 242 g/mol. The molecule has 0 bridgehead atoms. The second-order valence-corrected chi connectivity index (χ2v) is 4.62. The van der Waals surface area contributed by atoms with Crippen LogP contribution in [0.5, 0.6) is 5.75 Å². The molecule has 1 aromatic rings. The number of hydrogen-bond acceptors (Lipinski definition) is 2. The van der Waals surface area contributed by atoms with Crippen LogP contribution in [-0.4, -0.2) is 12.1 Å². The van der Waals surface area contributed by atoms with Gasteiger partial charge in [-0.1, -0.05) is 22.0 Å². The van der Waals surface area contributed by atoms with E-state index in [4.69, 9.17) is 10.5 Å². The van der Waals surface area contributed by atoms with E-state index < -0.39 is 0 Å². The molecule has 1 aliphatic rings. The summed E-state index contributed by atoms with van der Waals surface area (Å²) in [6, 6.07) is 8.11. The number of benzene rings is 1. The fourth-order valence-corrected chi connectivity index (χ4v) is 2.19. The molecule has 0 saturated heterocycles. The first-order chi connectivity index (χ1) is 6.75. The van der Waals surface area contributed by atoms with Crippen molar-refractivity contribution in [3.8, 4) is 5.75 Å². The van der Waals surface area contributed by atoms with Crippen LogP contribution in [-0.2, 0) is 0 Å². The Bertz CT molecular complexity index is 316. The molecule has 2 rings (SSSR count). The van der Waals surface area contributed by atoms with E-state index in [1.807, 2.05) is 24.3 Å². The van der Waals surface area contributed by atoms with Gasteiger partial charge in [0.25, 0.3) is 0 Å². The largest absolute Gasteiger partial charge is 0.489 e. The number of rotatable bonds is 2. The fourth-order valence-electron chi connectivity index (χ4n) is 1.82. The van der Waals surface area contributed by atoms with E-state index >= 15 is 0 Å². The Hall–Kier alpha value is -0.540. The Kier molecular flexibility index (Phi) is 3.08. The molecule has 1 aromatic carbocycles. The normalized spacial score (nSPS) is 26.4. The summed E-state index contributed by atoms with van der Waals surface area (Å²) in [6.45, 7) is 0. The summed E-state index contributed by atoms with van der Waals surface area (Å²) in [5.74, 6) is 0.904. The first-order valence-corrected chi connectivity index (χ1v) is 5.73. The highest BCUT2D eigenvalue weighted by Gasteiger charge is 2.25. The van der Waals surface area contributed by atoms with Crippen molar-refractivity contribution in [3.05, 3.63) is 28.7 Å². The zero-order chi connectivity index (χ0) is 9.97. The van der Waals surface area contributed by atoms with E-state index in [0.717, 1.165) is 23.1 Å². The monoisotopic (exact) mass is 255 g/mol. The summed E-state index contributed by atoms with van der Waals surface area (Å²) in [5, 5.41) is 0. The molecule has 0 amide bonds. The van der Waals surface area contributed by atoms with Crippen LogP contribution < -0.4 is 10.5 Å². The summed E-state index contributed by atoms with van der Waals surface area (Å²) in [7, 11) is 0. The molecular formula is C11H14BrNO. The molecule has 0 radical (unpaired) electrons. The standard InChI is InChI=1S/C11H14BrNO/c12-8-3-1-4-9(7-8)14-11-6-2-5-10(11)13/h1,3-4,7,10-11H,2,5-6,13H2. The Labute approximate surface area is 92.6 Å². The van der Waals surface area contributed by atoms with Gasteiger partial charge in [-0.2, -0.15) is 0 Å². The summed E-state index contributed by atoms with van der Waals surface area (Å²) < 4.78 is 6.86. The van der Waals surface area contributed by atoms with Crippen LogP contribution in [0.1, 0.15) is 19.3 Å². The van der Waals surface area contributed by atoms with Gasteiger partial charge in [0.05, 0.1) is 0 Å². The van der Waals surface area contributed by atoms with E-state index in [-0.39, 0.29) is 12.1 Å². The maximum atomic E-state index is 5.93. The van der Waals surface area contributed by atoms with Crippen LogP contribution in [0.15, 0.2) is 28.7 Å². The molecule has 1 saturated carbocycles. The van der Waals surface area contributed by atoms with Gasteiger partial charge in [-0.05, 0) is 37.5 Å². The van der Waals surface area contributed by atoms with E-state index in [1.54, 1.807) is 0 Å². The molecule has 3 heteroatoms. The van der Waals surface area contributed by atoms with Crippen LogP contribution in [0.25, 0.3) is 0 Å². The first-order valence-electron chi connectivity index (χ1n) is 4.93. The highest BCUT2D eigenvalue weighted by atomic mass is 79.9. The highest BCUT2D eigenvalue weighted by Crippen LogP contribution is 2.25. The SMILES string of the molecule is NC1CCCC1Oc1cccc(Br)c1. The summed E-state index contributed by atoms with van der Waals surface area (Å²) in [6.07, 6.45) is 3.54. The Morgan fingerprint density at radius 2 is 2.21 bits per heavy atom. The van der Waals surface area contributed by atoms with Crippen molar-refractivity contribution in [2.45, 2.75) is 31.4 Å². The fraction of sp³-hybridized carbons (Fsp3) is 0.455. The van der Waals surface area contributed by atoms with Crippen molar-refractivity contribution >= 4 is 15.9 Å². The molecule has 0 aromatic heterocycles. The van der Waals surface area contributed by atoms with Crippen LogP contribution in [0.4, 0.5) is 0 Å². The maximum absolute atomic E-state index is 5.93. The van der Waals surface area contributed by atoms with Crippen molar-refractivity contribution in [1.29, 1.82) is 0 Å². The van der Waals surface area contributed by atoms with Gasteiger partial charge in [-0.25, -0.2) is 0 Å². The number of hydrogen-bond donors (Lipinski definition) is 1. The quantitative estimate of drug-likeness (QED) is 0.882. The summed E-state index contributed by atoms with van der Waals surface area (Å²) in [5.41, 5.74) is 5.93. The van der Waals surface area contributed by atoms with Crippen LogP contribution in [0.3, 0.4) is 0 Å². The molecule has 2 nitrogen and oxygen atoms in total. The lowest BCUT2D eigenvalue weighted by Crippen LogP contribution is -2.33. The average molecular weight is 256 g/mol. The van der Waals surface area contributed by atoms with Gasteiger partial charge in [0.2, 0.25) is 0 Å². The summed E-state index contributed by atoms with van der Waals surface area (Å²) in [4.78, 5) is 0. The lowest BCUT2D eigenvalue weighted by atomic mass is 10.2. The van der Waals surface area contributed by atoms with E-state index in [9.17, 15) is 0 Å². The Morgan fingerprint density at radius 3 is 2.86 bits per heavy atom. The van der Waals surface area contributed by atoms with E-state index in [0.29, 0.717) is 0 Å². The average Bonchev–Trinajstić information content (AvgIpc) is 2.52. The third-order valence-electron chi connectivity index (χ3n) is 2.59. The molecule has 76 valence electrons. The van der Waals surface area contributed by atoms with Crippen molar-refractivity contribution < 1.29 is 4.74 Å². The summed E-state index contributed by atoms with van der Waals surface area (Å²) >= 11 is 3.42. The van der Waals surface area contributed by atoms with Crippen LogP contribution in [0, 0.1) is 0 Å². The van der Waals surface area contributed by atoms with Gasteiger partial charge < -0.3 is 10.5 Å². The topological polar surface area (TPSA) is 35.2 Å². The predicted octanol–water partition coefficient (Wildman–Crippen LogP) is 2.71. The van der Waals surface area contributed by atoms with Crippen molar-refractivity contribution in [2.75, 3.05) is 0 Å². The van der Waals surface area contributed by atoms with Crippen LogP contribution >= 0.6 is 15.9 Å². The maximum Gasteiger partial charge on any atom is 0.120 e. The molecule has 2 N–H and O–H groups in total. The smallest absolute Gasteiger partial charge is 0.120 e. The van der Waals surface area contributed by atoms with E-state index in [1.165, 1.54) is 6.42 Å². The van der Waals surface area contributed by atoms with Crippen LogP contribution in [0.2, 0.25) is 0 Å². The van der Waals surface area contributed by atoms with Gasteiger partial charge in [0.15, 0.2) is 0 Å². The van der Waals surface area contributed by atoms with Crippen molar-refractivity contribution in [3.63, 3.8) is 0 Å². The third kappa shape index (κ3) is 2.28. The minimum atomic E-state index is 0.198.